The molecule has 0 bridgehead atoms. The molecule has 0 aliphatic heterocycles. The van der Waals surface area contributed by atoms with Crippen LogP contribution in [-0.2, 0) is 10.5 Å². The fourth-order valence-electron chi connectivity index (χ4n) is 2.29. The highest BCUT2D eigenvalue weighted by Crippen LogP contribution is 2.26. The summed E-state index contributed by atoms with van der Waals surface area (Å²) in [6, 6.07) is 16.0. The van der Waals surface area contributed by atoms with Gasteiger partial charge >= 0.3 is 0 Å². The van der Waals surface area contributed by atoms with Gasteiger partial charge in [0, 0.05) is 5.75 Å². The summed E-state index contributed by atoms with van der Waals surface area (Å²) >= 11 is 4.75. The number of fused-ring (bicyclic) bond motifs is 2. The van der Waals surface area contributed by atoms with Crippen molar-refractivity contribution >= 4 is 65.9 Å². The number of carbonyl (C=O) groups is 1. The molecule has 120 valence electrons. The molecular weight excluding hydrogens is 358 g/mol. The summed E-state index contributed by atoms with van der Waals surface area (Å²) in [5.41, 5.74) is 1.94. The molecule has 0 spiro atoms. The minimum absolute atomic E-state index is 0.0276. The molecule has 0 atom stereocenters. The monoisotopic (exact) mass is 371 g/mol. The number of thioether (sulfide) groups is 1. The Morgan fingerprint density at radius 2 is 1.62 bits per heavy atom. The molecule has 7 heteroatoms. The SMILES string of the molecule is O=C(CSCc1nc2ccccc2s1)Nc1nc2ccccc2s1. The van der Waals surface area contributed by atoms with E-state index in [0.29, 0.717) is 10.9 Å². The van der Waals surface area contributed by atoms with E-state index >= 15 is 0 Å². The maximum Gasteiger partial charge on any atom is 0.236 e. The predicted octanol–water partition coefficient (Wildman–Crippen LogP) is 4.78. The van der Waals surface area contributed by atoms with Crippen molar-refractivity contribution in [3.63, 3.8) is 0 Å². The van der Waals surface area contributed by atoms with Crippen LogP contribution in [0.25, 0.3) is 20.4 Å². The van der Waals surface area contributed by atoms with E-state index in [4.69, 9.17) is 0 Å². The number of nitrogens with one attached hydrogen (secondary N) is 1. The van der Waals surface area contributed by atoms with Crippen molar-refractivity contribution in [2.45, 2.75) is 5.75 Å². The number of anilines is 1. The van der Waals surface area contributed by atoms with E-state index in [-0.39, 0.29) is 5.91 Å². The summed E-state index contributed by atoms with van der Waals surface area (Å²) in [5, 5.41) is 4.58. The predicted molar refractivity (Wildman–Crippen MR) is 104 cm³/mol. The highest BCUT2D eigenvalue weighted by molar-refractivity contribution is 7.99. The number of carbonyl (C=O) groups excluding carboxylic acids is 1. The van der Waals surface area contributed by atoms with Crippen LogP contribution in [0.4, 0.5) is 5.13 Å². The molecule has 1 amide bonds. The molecule has 4 nitrogen and oxygen atoms in total. The molecule has 2 aromatic carbocycles. The standard InChI is InChI=1S/C17H13N3OS3/c21-15(20-17-19-12-6-2-4-8-14(12)24-17)9-22-10-16-18-11-5-1-3-7-13(11)23-16/h1-8H,9-10H2,(H,19,20,21). The average molecular weight is 372 g/mol. The number of hydrogen-bond acceptors (Lipinski definition) is 6. The van der Waals surface area contributed by atoms with E-state index in [9.17, 15) is 4.79 Å². The van der Waals surface area contributed by atoms with Crippen LogP contribution in [0.2, 0.25) is 0 Å². The number of nitrogens with zero attached hydrogens (tertiary/aromatic N) is 2. The first-order chi connectivity index (χ1) is 11.8. The Hall–Kier alpha value is -1.96. The van der Waals surface area contributed by atoms with E-state index in [1.807, 2.05) is 42.5 Å². The van der Waals surface area contributed by atoms with Crippen LogP contribution in [0.15, 0.2) is 48.5 Å². The molecule has 2 heterocycles. The Kier molecular flexibility index (Phi) is 4.46. The van der Waals surface area contributed by atoms with E-state index in [0.717, 1.165) is 26.5 Å². The first-order valence-corrected chi connectivity index (χ1v) is 10.1. The first-order valence-electron chi connectivity index (χ1n) is 7.35. The van der Waals surface area contributed by atoms with Crippen molar-refractivity contribution in [3.8, 4) is 0 Å². The second-order valence-corrected chi connectivity index (χ2v) is 8.23. The van der Waals surface area contributed by atoms with Gasteiger partial charge < -0.3 is 5.32 Å². The normalized spacial score (nSPS) is 11.2. The lowest BCUT2D eigenvalue weighted by Crippen LogP contribution is -2.13. The quantitative estimate of drug-likeness (QED) is 0.549. The van der Waals surface area contributed by atoms with Gasteiger partial charge in [0.25, 0.3) is 0 Å². The molecule has 24 heavy (non-hydrogen) atoms. The third kappa shape index (κ3) is 3.43. The maximum absolute atomic E-state index is 12.1. The zero-order valence-corrected chi connectivity index (χ0v) is 15.0. The van der Waals surface area contributed by atoms with Crippen LogP contribution in [0.5, 0.6) is 0 Å². The summed E-state index contributed by atoms with van der Waals surface area (Å²) in [6.45, 7) is 0. The highest BCUT2D eigenvalue weighted by Gasteiger charge is 2.09. The van der Waals surface area contributed by atoms with Gasteiger partial charge in [0.2, 0.25) is 5.91 Å². The number of para-hydroxylation sites is 2. The van der Waals surface area contributed by atoms with Crippen LogP contribution in [0, 0.1) is 0 Å². The van der Waals surface area contributed by atoms with Crippen LogP contribution in [-0.4, -0.2) is 21.6 Å². The topological polar surface area (TPSA) is 54.9 Å². The van der Waals surface area contributed by atoms with Crippen molar-refractivity contribution in [2.24, 2.45) is 0 Å². The third-order valence-corrected chi connectivity index (χ3v) is 6.45. The molecule has 0 radical (unpaired) electrons. The lowest BCUT2D eigenvalue weighted by Gasteiger charge is -2.00. The molecular formula is C17H13N3OS3. The number of thiazole rings is 2. The van der Waals surface area contributed by atoms with Crippen molar-refractivity contribution < 1.29 is 4.79 Å². The molecule has 2 aromatic heterocycles. The number of hydrogen-bond donors (Lipinski definition) is 1. The van der Waals surface area contributed by atoms with Crippen molar-refractivity contribution in [1.82, 2.24) is 9.97 Å². The summed E-state index contributed by atoms with van der Waals surface area (Å²) in [6.07, 6.45) is 0. The Morgan fingerprint density at radius 1 is 0.958 bits per heavy atom. The number of amides is 1. The number of aromatic nitrogens is 2. The van der Waals surface area contributed by atoms with Crippen LogP contribution < -0.4 is 5.32 Å². The van der Waals surface area contributed by atoms with Gasteiger partial charge in [0.1, 0.15) is 5.01 Å². The third-order valence-electron chi connectivity index (χ3n) is 3.34. The lowest BCUT2D eigenvalue weighted by molar-refractivity contribution is -0.113. The Labute approximate surface area is 151 Å². The number of benzene rings is 2. The molecule has 4 aromatic rings. The van der Waals surface area contributed by atoms with E-state index in [2.05, 4.69) is 21.4 Å². The molecule has 0 fully saturated rings. The Morgan fingerprint density at radius 3 is 2.33 bits per heavy atom. The Balaban J connectivity index is 1.33. The Bertz CT molecular complexity index is 942. The molecule has 1 N–H and O–H groups in total. The van der Waals surface area contributed by atoms with Gasteiger partial charge in [-0.05, 0) is 24.3 Å². The van der Waals surface area contributed by atoms with Gasteiger partial charge in [-0.2, -0.15) is 0 Å². The van der Waals surface area contributed by atoms with Gasteiger partial charge in [-0.3, -0.25) is 4.79 Å². The smallest absolute Gasteiger partial charge is 0.236 e. The van der Waals surface area contributed by atoms with Gasteiger partial charge in [-0.1, -0.05) is 35.6 Å². The minimum atomic E-state index is -0.0276. The fraction of sp³-hybridized carbons (Fsp3) is 0.118. The molecule has 0 aliphatic rings. The summed E-state index contributed by atoms with van der Waals surface area (Å²) in [7, 11) is 0. The van der Waals surface area contributed by atoms with Crippen molar-refractivity contribution in [3.05, 3.63) is 53.5 Å². The fourth-order valence-corrected chi connectivity index (χ4v) is 5.02. The molecule has 0 unspecified atom stereocenters. The first kappa shape index (κ1) is 15.6. The molecule has 0 saturated heterocycles. The van der Waals surface area contributed by atoms with Crippen LogP contribution in [0.1, 0.15) is 5.01 Å². The molecule has 0 aliphatic carbocycles. The second kappa shape index (κ2) is 6.88. The zero-order chi connectivity index (χ0) is 16.4. The maximum atomic E-state index is 12.1. The molecule has 4 rings (SSSR count). The minimum Gasteiger partial charge on any atom is -0.301 e. The lowest BCUT2D eigenvalue weighted by atomic mass is 10.3. The van der Waals surface area contributed by atoms with E-state index in [1.165, 1.54) is 16.0 Å². The largest absolute Gasteiger partial charge is 0.301 e. The average Bonchev–Trinajstić information content (AvgIpc) is 3.17. The highest BCUT2D eigenvalue weighted by atomic mass is 32.2. The van der Waals surface area contributed by atoms with Crippen LogP contribution in [0.3, 0.4) is 0 Å². The van der Waals surface area contributed by atoms with Gasteiger partial charge in [0.05, 0.1) is 26.2 Å². The summed E-state index contributed by atoms with van der Waals surface area (Å²) < 4.78 is 2.27. The van der Waals surface area contributed by atoms with E-state index < -0.39 is 0 Å². The van der Waals surface area contributed by atoms with Gasteiger partial charge in [-0.25, -0.2) is 9.97 Å². The molecule has 0 saturated carbocycles. The van der Waals surface area contributed by atoms with Crippen molar-refractivity contribution in [1.29, 1.82) is 0 Å². The van der Waals surface area contributed by atoms with Crippen molar-refractivity contribution in [2.75, 3.05) is 11.1 Å². The zero-order valence-electron chi connectivity index (χ0n) is 12.6. The van der Waals surface area contributed by atoms with Gasteiger partial charge in [-0.15, -0.1) is 23.1 Å². The van der Waals surface area contributed by atoms with Gasteiger partial charge in [0.15, 0.2) is 5.13 Å². The van der Waals surface area contributed by atoms with Crippen LogP contribution >= 0.6 is 34.4 Å². The summed E-state index contributed by atoms with van der Waals surface area (Å²) in [5.74, 6) is 1.11. The summed E-state index contributed by atoms with van der Waals surface area (Å²) in [4.78, 5) is 21.1. The van der Waals surface area contributed by atoms with E-state index in [1.54, 1.807) is 23.1 Å². The second-order valence-electron chi connectivity index (χ2n) is 5.10. The number of rotatable bonds is 5.